The molecule has 2 saturated heterocycles. The van der Waals surface area contributed by atoms with Gasteiger partial charge in [-0.1, -0.05) is 12.1 Å². The fourth-order valence-electron chi connectivity index (χ4n) is 6.57. The van der Waals surface area contributed by atoms with Crippen LogP contribution in [0.25, 0.3) is 33.3 Å². The van der Waals surface area contributed by atoms with E-state index < -0.39 is 6.17 Å². The molecule has 1 aliphatic carbocycles. The lowest BCUT2D eigenvalue weighted by Crippen LogP contribution is -2.50. The molecule has 2 aromatic carbocycles. The molecular formula is C32H38FN5O2. The zero-order valence-electron chi connectivity index (χ0n) is 23.1. The Kier molecular flexibility index (Phi) is 6.35. The number of anilines is 1. The number of rotatable bonds is 5. The third-order valence-electron chi connectivity index (χ3n) is 9.07. The van der Waals surface area contributed by atoms with E-state index in [4.69, 9.17) is 15.9 Å². The van der Waals surface area contributed by atoms with Crippen molar-refractivity contribution < 1.29 is 13.6 Å². The Hall–Kier alpha value is -3.36. The molecule has 2 aromatic heterocycles. The summed E-state index contributed by atoms with van der Waals surface area (Å²) in [5, 5.41) is 2.19. The molecule has 0 unspecified atom stereocenters. The summed E-state index contributed by atoms with van der Waals surface area (Å²) in [4.78, 5) is 17.2. The first-order valence-electron chi connectivity index (χ1n) is 14.7. The highest BCUT2D eigenvalue weighted by Gasteiger charge is 2.30. The van der Waals surface area contributed by atoms with Crippen LogP contribution in [0.4, 0.5) is 10.1 Å². The molecule has 1 amide bonds. The first-order chi connectivity index (χ1) is 19.3. The fraction of sp³-hybridized carbons (Fsp3) is 0.469. The van der Waals surface area contributed by atoms with E-state index in [0.29, 0.717) is 36.1 Å². The molecule has 7 nitrogen and oxygen atoms in total. The van der Waals surface area contributed by atoms with Crippen LogP contribution in [0.1, 0.15) is 48.0 Å². The normalized spacial score (nSPS) is 22.5. The second-order valence-electron chi connectivity index (χ2n) is 12.2. The standard InChI is InChI=1S/C32H38FN5O2/c1-19-27-7-5-22(32(39)37-17-23(33)14-25(35)18-37)13-30(27)40-31(19)29-12-21-4-6-26(36-10-8-24(34)9-11-36)15-28(21)38(29)16-20-2-3-20/h4-7,12-13,15,20,23-25H,2-3,8-11,14,16-18,34-35H2,1H3/t23-,25-/m1/s1. The number of aryl methyl sites for hydroxylation is 1. The van der Waals surface area contributed by atoms with Crippen molar-refractivity contribution in [2.45, 2.75) is 63.8 Å². The Labute approximate surface area is 233 Å². The van der Waals surface area contributed by atoms with Crippen molar-refractivity contribution in [2.24, 2.45) is 17.4 Å². The van der Waals surface area contributed by atoms with Gasteiger partial charge in [0.25, 0.3) is 5.91 Å². The van der Waals surface area contributed by atoms with E-state index in [1.54, 1.807) is 6.07 Å². The minimum Gasteiger partial charge on any atom is -0.454 e. The number of hydrogen-bond donors (Lipinski definition) is 2. The number of nitrogens with zero attached hydrogens (tertiary/aromatic N) is 3. The maximum atomic E-state index is 14.1. The lowest BCUT2D eigenvalue weighted by Gasteiger charge is -2.33. The zero-order chi connectivity index (χ0) is 27.5. The molecule has 3 aliphatic rings. The number of halogens is 1. The highest BCUT2D eigenvalue weighted by atomic mass is 19.1. The van der Waals surface area contributed by atoms with Crippen LogP contribution in [0.2, 0.25) is 0 Å². The average molecular weight is 544 g/mol. The van der Waals surface area contributed by atoms with Crippen LogP contribution in [0, 0.1) is 12.8 Å². The van der Waals surface area contributed by atoms with E-state index in [1.165, 1.54) is 34.3 Å². The van der Waals surface area contributed by atoms with Gasteiger partial charge in [-0.3, -0.25) is 4.79 Å². The summed E-state index contributed by atoms with van der Waals surface area (Å²) in [7, 11) is 0. The number of carbonyl (C=O) groups excluding carboxylic acids is 1. The van der Waals surface area contributed by atoms with Crippen molar-refractivity contribution >= 4 is 33.5 Å². The van der Waals surface area contributed by atoms with Gasteiger partial charge in [0, 0.05) is 65.8 Å². The number of alkyl halides is 1. The first kappa shape index (κ1) is 25.6. The summed E-state index contributed by atoms with van der Waals surface area (Å²) in [6.45, 7) is 5.48. The number of likely N-dealkylation sites (tertiary alicyclic amines) is 1. The Morgan fingerprint density at radius 2 is 1.80 bits per heavy atom. The van der Waals surface area contributed by atoms with E-state index in [-0.39, 0.29) is 18.5 Å². The Bertz CT molecular complexity index is 1570. The van der Waals surface area contributed by atoms with Crippen molar-refractivity contribution in [3.05, 3.63) is 53.6 Å². The summed E-state index contributed by atoms with van der Waals surface area (Å²) in [6, 6.07) is 14.6. The van der Waals surface area contributed by atoms with Crippen LogP contribution in [0.3, 0.4) is 0 Å². The summed E-state index contributed by atoms with van der Waals surface area (Å²) < 4.78 is 23.1. The molecule has 4 N–H and O–H groups in total. The number of benzene rings is 2. The number of fused-ring (bicyclic) bond motifs is 2. The topological polar surface area (TPSA) is 93.7 Å². The van der Waals surface area contributed by atoms with E-state index >= 15 is 0 Å². The Morgan fingerprint density at radius 3 is 2.55 bits per heavy atom. The maximum Gasteiger partial charge on any atom is 0.254 e. The van der Waals surface area contributed by atoms with Crippen LogP contribution in [0.15, 0.2) is 46.9 Å². The van der Waals surface area contributed by atoms with E-state index in [9.17, 15) is 9.18 Å². The largest absolute Gasteiger partial charge is 0.454 e. The number of furan rings is 1. The van der Waals surface area contributed by atoms with E-state index in [2.05, 4.69) is 40.7 Å². The predicted molar refractivity (Wildman–Crippen MR) is 157 cm³/mol. The SMILES string of the molecule is Cc1c(-c2cc3ccc(N4CCC(N)CC4)cc3n2CC2CC2)oc2cc(C(=O)N3C[C@H](N)C[C@@H](F)C3)ccc12. The smallest absolute Gasteiger partial charge is 0.254 e. The van der Waals surface area contributed by atoms with Gasteiger partial charge in [0.2, 0.25) is 0 Å². The van der Waals surface area contributed by atoms with Crippen molar-refractivity contribution in [2.75, 3.05) is 31.1 Å². The third-order valence-corrected chi connectivity index (χ3v) is 9.07. The van der Waals surface area contributed by atoms with Crippen molar-refractivity contribution in [1.82, 2.24) is 9.47 Å². The predicted octanol–water partition coefficient (Wildman–Crippen LogP) is 5.21. The first-order valence-corrected chi connectivity index (χ1v) is 14.7. The summed E-state index contributed by atoms with van der Waals surface area (Å²) in [5.41, 5.74) is 17.9. The molecule has 1 saturated carbocycles. The zero-order valence-corrected chi connectivity index (χ0v) is 23.1. The lowest BCUT2D eigenvalue weighted by molar-refractivity contribution is 0.0607. The summed E-state index contributed by atoms with van der Waals surface area (Å²) in [6.07, 6.45) is 3.77. The summed E-state index contributed by atoms with van der Waals surface area (Å²) in [5.74, 6) is 1.32. The number of amides is 1. The molecule has 0 radical (unpaired) electrons. The molecule has 40 heavy (non-hydrogen) atoms. The maximum absolute atomic E-state index is 14.1. The molecule has 2 aliphatic heterocycles. The number of carbonyl (C=O) groups is 1. The molecule has 4 heterocycles. The third kappa shape index (κ3) is 4.67. The van der Waals surface area contributed by atoms with Gasteiger partial charge in [-0.05, 0) is 75.3 Å². The van der Waals surface area contributed by atoms with Crippen molar-refractivity contribution in [1.29, 1.82) is 0 Å². The molecule has 4 aromatic rings. The Balaban J connectivity index is 1.26. The molecule has 0 bridgehead atoms. The minimum absolute atomic E-state index is 0.0838. The Morgan fingerprint density at radius 1 is 1.00 bits per heavy atom. The molecular weight excluding hydrogens is 505 g/mol. The van der Waals surface area contributed by atoms with Gasteiger partial charge in [0.15, 0.2) is 5.76 Å². The highest BCUT2D eigenvalue weighted by molar-refractivity contribution is 5.99. The van der Waals surface area contributed by atoms with Crippen LogP contribution < -0.4 is 16.4 Å². The molecule has 7 rings (SSSR count). The van der Waals surface area contributed by atoms with E-state index in [1.807, 2.05) is 12.1 Å². The van der Waals surface area contributed by atoms with Gasteiger partial charge in [-0.15, -0.1) is 0 Å². The van der Waals surface area contributed by atoms with Gasteiger partial charge in [0.05, 0.1) is 17.8 Å². The van der Waals surface area contributed by atoms with Crippen molar-refractivity contribution in [3.8, 4) is 11.5 Å². The second-order valence-corrected chi connectivity index (χ2v) is 12.2. The summed E-state index contributed by atoms with van der Waals surface area (Å²) >= 11 is 0. The van der Waals surface area contributed by atoms with Gasteiger partial charge in [-0.25, -0.2) is 4.39 Å². The van der Waals surface area contributed by atoms with Crippen LogP contribution in [0.5, 0.6) is 0 Å². The van der Waals surface area contributed by atoms with Gasteiger partial charge in [-0.2, -0.15) is 0 Å². The number of nitrogens with two attached hydrogens (primary N) is 2. The number of hydrogen-bond acceptors (Lipinski definition) is 5. The van der Waals surface area contributed by atoms with E-state index in [0.717, 1.165) is 54.9 Å². The van der Waals surface area contributed by atoms with Gasteiger partial charge >= 0.3 is 0 Å². The molecule has 3 fully saturated rings. The van der Waals surface area contributed by atoms with Crippen LogP contribution >= 0.6 is 0 Å². The molecule has 8 heteroatoms. The highest BCUT2D eigenvalue weighted by Crippen LogP contribution is 2.40. The monoisotopic (exact) mass is 543 g/mol. The fourth-order valence-corrected chi connectivity index (χ4v) is 6.57. The van der Waals surface area contributed by atoms with Crippen molar-refractivity contribution in [3.63, 3.8) is 0 Å². The number of aromatic nitrogens is 1. The number of piperidine rings is 2. The molecule has 210 valence electrons. The quantitative estimate of drug-likeness (QED) is 0.360. The van der Waals surface area contributed by atoms with Gasteiger partial charge in [0.1, 0.15) is 11.8 Å². The van der Waals surface area contributed by atoms with Crippen LogP contribution in [-0.2, 0) is 6.54 Å². The van der Waals surface area contributed by atoms with Gasteiger partial charge < -0.3 is 30.3 Å². The average Bonchev–Trinajstić information content (AvgIpc) is 3.62. The molecule has 2 atom stereocenters. The lowest BCUT2D eigenvalue weighted by atomic mass is 10.0. The minimum atomic E-state index is -1.09. The van der Waals surface area contributed by atoms with Crippen LogP contribution in [-0.4, -0.2) is 59.8 Å². The molecule has 0 spiro atoms. The second kappa shape index (κ2) is 9.93.